The van der Waals surface area contributed by atoms with Crippen LogP contribution >= 0.6 is 11.5 Å². The smallest absolute Gasteiger partial charge is 0.233 e. The third-order valence-corrected chi connectivity index (χ3v) is 3.65. The summed E-state index contributed by atoms with van der Waals surface area (Å²) >= 11 is 1.17. The number of amides is 1. The van der Waals surface area contributed by atoms with Crippen molar-refractivity contribution in [2.75, 3.05) is 5.32 Å². The first kappa shape index (κ1) is 13.1. The van der Waals surface area contributed by atoms with Gasteiger partial charge in [-0.25, -0.2) is 4.98 Å². The number of aryl methyl sites for hydroxylation is 1. The van der Waals surface area contributed by atoms with Crippen LogP contribution in [0.5, 0.6) is 0 Å². The Morgan fingerprint density at radius 2 is 1.94 bits per heavy atom. The third-order valence-electron chi connectivity index (χ3n) is 2.93. The van der Waals surface area contributed by atoms with Crippen LogP contribution in [0.2, 0.25) is 0 Å². The number of nitrogens with zero attached hydrogens (tertiary/aromatic N) is 2. The van der Waals surface area contributed by atoms with Crippen LogP contribution in [0.1, 0.15) is 33.5 Å². The number of aromatic nitrogens is 2. The number of nitrogens with one attached hydrogen (secondary N) is 1. The molecule has 90 valence electrons. The normalized spacial score (nSPS) is 12.6. The molecule has 1 aromatic heterocycles. The molecule has 0 aliphatic heterocycles. The molecule has 0 fully saturated rings. The standard InChI is InChI=1S/C10H18N4OS/c1-6-12-8(16-14-6)13-7(15)9(2,3)10(4,5)11/h11H2,1-5H3,(H,12,13,14,15). The minimum Gasteiger partial charge on any atom is -0.325 e. The molecule has 1 heterocycles. The second-order valence-electron chi connectivity index (χ2n) is 4.95. The monoisotopic (exact) mass is 242 g/mol. The fraction of sp³-hybridized carbons (Fsp3) is 0.700. The molecule has 0 bridgehead atoms. The highest BCUT2D eigenvalue weighted by molar-refractivity contribution is 7.09. The van der Waals surface area contributed by atoms with Crippen molar-refractivity contribution >= 4 is 22.6 Å². The third kappa shape index (κ3) is 2.56. The predicted octanol–water partition coefficient (Wildman–Crippen LogP) is 1.55. The molecule has 6 heteroatoms. The summed E-state index contributed by atoms with van der Waals surface area (Å²) in [4.78, 5) is 16.1. The van der Waals surface area contributed by atoms with E-state index in [0.29, 0.717) is 11.0 Å². The number of carbonyl (C=O) groups is 1. The Kier molecular flexibility index (Phi) is 3.35. The zero-order valence-corrected chi connectivity index (χ0v) is 11.1. The van der Waals surface area contributed by atoms with Gasteiger partial charge in [0, 0.05) is 17.1 Å². The fourth-order valence-electron chi connectivity index (χ4n) is 0.894. The van der Waals surface area contributed by atoms with Crippen molar-refractivity contribution in [3.63, 3.8) is 0 Å². The summed E-state index contributed by atoms with van der Waals surface area (Å²) in [7, 11) is 0. The van der Waals surface area contributed by atoms with Crippen LogP contribution in [0.4, 0.5) is 5.13 Å². The van der Waals surface area contributed by atoms with Gasteiger partial charge < -0.3 is 11.1 Å². The van der Waals surface area contributed by atoms with Crippen molar-refractivity contribution in [1.82, 2.24) is 9.36 Å². The second-order valence-corrected chi connectivity index (χ2v) is 5.70. The maximum atomic E-state index is 12.0. The van der Waals surface area contributed by atoms with Gasteiger partial charge in [-0.3, -0.25) is 4.79 Å². The highest BCUT2D eigenvalue weighted by atomic mass is 32.1. The number of hydrogen-bond acceptors (Lipinski definition) is 5. The van der Waals surface area contributed by atoms with Crippen LogP contribution in [-0.2, 0) is 4.79 Å². The molecular formula is C10H18N4OS. The zero-order chi connectivity index (χ0) is 12.6. The molecule has 0 saturated carbocycles. The van der Waals surface area contributed by atoms with Gasteiger partial charge in [0.25, 0.3) is 0 Å². The van der Waals surface area contributed by atoms with E-state index in [-0.39, 0.29) is 5.91 Å². The maximum Gasteiger partial charge on any atom is 0.233 e. The molecule has 16 heavy (non-hydrogen) atoms. The minimum absolute atomic E-state index is 0.142. The second kappa shape index (κ2) is 4.10. The van der Waals surface area contributed by atoms with E-state index < -0.39 is 11.0 Å². The summed E-state index contributed by atoms with van der Waals surface area (Å²) in [6, 6.07) is 0. The van der Waals surface area contributed by atoms with Crippen LogP contribution in [0.3, 0.4) is 0 Å². The van der Waals surface area contributed by atoms with Crippen molar-refractivity contribution in [1.29, 1.82) is 0 Å². The van der Waals surface area contributed by atoms with Crippen LogP contribution in [0.15, 0.2) is 0 Å². The molecule has 1 aromatic rings. The van der Waals surface area contributed by atoms with Crippen LogP contribution in [0, 0.1) is 12.3 Å². The van der Waals surface area contributed by atoms with Crippen molar-refractivity contribution in [2.24, 2.45) is 11.1 Å². The van der Waals surface area contributed by atoms with Gasteiger partial charge in [0.1, 0.15) is 5.82 Å². The summed E-state index contributed by atoms with van der Waals surface area (Å²) in [6.45, 7) is 9.08. The van der Waals surface area contributed by atoms with Crippen molar-refractivity contribution in [2.45, 2.75) is 40.2 Å². The van der Waals surface area contributed by atoms with E-state index in [1.54, 1.807) is 6.92 Å². The van der Waals surface area contributed by atoms with Gasteiger partial charge in [0.05, 0.1) is 5.41 Å². The van der Waals surface area contributed by atoms with E-state index in [4.69, 9.17) is 5.73 Å². The zero-order valence-electron chi connectivity index (χ0n) is 10.3. The van der Waals surface area contributed by atoms with E-state index in [2.05, 4.69) is 14.7 Å². The van der Waals surface area contributed by atoms with E-state index in [9.17, 15) is 4.79 Å². The van der Waals surface area contributed by atoms with Crippen LogP contribution in [-0.4, -0.2) is 20.8 Å². The summed E-state index contributed by atoms with van der Waals surface area (Å²) < 4.78 is 4.00. The first-order valence-electron chi connectivity index (χ1n) is 5.05. The van der Waals surface area contributed by atoms with Crippen molar-refractivity contribution in [3.05, 3.63) is 5.82 Å². The summed E-state index contributed by atoms with van der Waals surface area (Å²) in [5.74, 6) is 0.515. The van der Waals surface area contributed by atoms with Gasteiger partial charge in [0.2, 0.25) is 11.0 Å². The van der Waals surface area contributed by atoms with Crippen molar-refractivity contribution in [3.8, 4) is 0 Å². The lowest BCUT2D eigenvalue weighted by Crippen LogP contribution is -2.53. The Labute approximate surface area is 99.6 Å². The van der Waals surface area contributed by atoms with Gasteiger partial charge in [-0.15, -0.1) is 0 Å². The van der Waals surface area contributed by atoms with Crippen LogP contribution in [0.25, 0.3) is 0 Å². The highest BCUT2D eigenvalue weighted by Gasteiger charge is 2.40. The molecule has 0 aliphatic rings. The molecule has 0 saturated heterocycles. The van der Waals surface area contributed by atoms with Crippen molar-refractivity contribution < 1.29 is 4.79 Å². The number of rotatable bonds is 3. The lowest BCUT2D eigenvalue weighted by molar-refractivity contribution is -0.126. The molecule has 5 nitrogen and oxygen atoms in total. The number of nitrogens with two attached hydrogens (primary N) is 1. The molecule has 0 atom stereocenters. The molecule has 1 amide bonds. The van der Waals surface area contributed by atoms with E-state index in [1.807, 2.05) is 27.7 Å². The predicted molar refractivity (Wildman–Crippen MR) is 65.3 cm³/mol. The minimum atomic E-state index is -0.674. The Bertz CT molecular complexity index is 392. The first-order valence-corrected chi connectivity index (χ1v) is 5.82. The largest absolute Gasteiger partial charge is 0.325 e. The lowest BCUT2D eigenvalue weighted by Gasteiger charge is -2.36. The topological polar surface area (TPSA) is 80.9 Å². The van der Waals surface area contributed by atoms with E-state index >= 15 is 0 Å². The average molecular weight is 242 g/mol. The Morgan fingerprint density at radius 1 is 1.38 bits per heavy atom. The van der Waals surface area contributed by atoms with Crippen LogP contribution < -0.4 is 11.1 Å². The van der Waals surface area contributed by atoms with Gasteiger partial charge in [-0.1, -0.05) is 0 Å². The first-order chi connectivity index (χ1) is 7.14. The van der Waals surface area contributed by atoms with E-state index in [1.165, 1.54) is 11.5 Å². The SMILES string of the molecule is Cc1nsc(NC(=O)C(C)(C)C(C)(C)N)n1. The van der Waals surface area contributed by atoms with E-state index in [0.717, 1.165) is 0 Å². The molecule has 0 unspecified atom stereocenters. The molecule has 0 radical (unpaired) electrons. The van der Waals surface area contributed by atoms with Gasteiger partial charge in [-0.05, 0) is 34.6 Å². The number of hydrogen-bond donors (Lipinski definition) is 2. The lowest BCUT2D eigenvalue weighted by atomic mass is 9.74. The summed E-state index contributed by atoms with van der Waals surface area (Å²) in [5.41, 5.74) is 4.71. The fourth-order valence-corrected chi connectivity index (χ4v) is 1.46. The Morgan fingerprint density at radius 3 is 2.31 bits per heavy atom. The summed E-state index contributed by atoms with van der Waals surface area (Å²) in [6.07, 6.45) is 0. The molecular weight excluding hydrogens is 224 g/mol. The Hall–Kier alpha value is -1.01. The van der Waals surface area contributed by atoms with Gasteiger partial charge in [0.15, 0.2) is 0 Å². The number of carbonyl (C=O) groups excluding carboxylic acids is 1. The molecule has 3 N–H and O–H groups in total. The summed E-state index contributed by atoms with van der Waals surface area (Å²) in [5, 5.41) is 3.25. The highest BCUT2D eigenvalue weighted by Crippen LogP contribution is 2.29. The van der Waals surface area contributed by atoms with Gasteiger partial charge >= 0.3 is 0 Å². The maximum absolute atomic E-state index is 12.0. The number of anilines is 1. The Balaban J connectivity index is 2.80. The quantitative estimate of drug-likeness (QED) is 0.842. The average Bonchev–Trinajstić information content (AvgIpc) is 2.49. The molecule has 0 aliphatic carbocycles. The molecule has 0 spiro atoms. The molecule has 1 rings (SSSR count). The molecule has 0 aromatic carbocycles. The van der Waals surface area contributed by atoms with Gasteiger partial charge in [-0.2, -0.15) is 4.37 Å².